The molecule has 0 aliphatic carbocycles. The molecule has 1 aromatic rings. The van der Waals surface area contributed by atoms with Crippen molar-refractivity contribution in [1.29, 1.82) is 0 Å². The summed E-state index contributed by atoms with van der Waals surface area (Å²) >= 11 is 0. The molecule has 2 bridgehead atoms. The third-order valence-electron chi connectivity index (χ3n) is 5.02. The van der Waals surface area contributed by atoms with Gasteiger partial charge in [-0.15, -0.1) is 0 Å². The van der Waals surface area contributed by atoms with Crippen molar-refractivity contribution in [2.45, 2.75) is 43.9 Å². The van der Waals surface area contributed by atoms with E-state index in [1.54, 1.807) is 12.1 Å². The fraction of sp³-hybridized carbons (Fsp3) is 0.529. The topological polar surface area (TPSA) is 84.9 Å². The molecule has 2 N–H and O–H groups in total. The first kappa shape index (κ1) is 14.5. The number of hydrogen-bond donors (Lipinski definition) is 2. The van der Waals surface area contributed by atoms with Gasteiger partial charge in [-0.05, 0) is 42.5 Å². The summed E-state index contributed by atoms with van der Waals surface area (Å²) in [4.78, 5) is 24.1. The van der Waals surface area contributed by atoms with Crippen LogP contribution in [0.5, 0.6) is 5.75 Å². The molecule has 4 unspecified atom stereocenters. The molecule has 3 aliphatic heterocycles. The van der Waals surface area contributed by atoms with Crippen LogP contribution < -0.4 is 10.1 Å². The SMILES string of the molecule is O=C(O)C(NC(=O)C1CC2CCC1O2)c1ccc2c(c1)CCO2. The lowest BCUT2D eigenvalue weighted by atomic mass is 9.88. The number of carboxylic acids is 1. The van der Waals surface area contributed by atoms with Gasteiger partial charge in [0.1, 0.15) is 5.75 Å². The number of rotatable bonds is 4. The second kappa shape index (κ2) is 5.53. The molecule has 1 aromatic carbocycles. The van der Waals surface area contributed by atoms with E-state index >= 15 is 0 Å². The number of nitrogens with one attached hydrogen (secondary N) is 1. The maximum absolute atomic E-state index is 12.5. The fourth-order valence-electron chi connectivity index (χ4n) is 3.84. The van der Waals surface area contributed by atoms with Gasteiger partial charge in [0, 0.05) is 6.42 Å². The van der Waals surface area contributed by atoms with Crippen LogP contribution >= 0.6 is 0 Å². The summed E-state index contributed by atoms with van der Waals surface area (Å²) in [6.45, 7) is 0.616. The molecule has 2 fully saturated rings. The summed E-state index contributed by atoms with van der Waals surface area (Å²) in [5.74, 6) is -0.707. The largest absolute Gasteiger partial charge is 0.493 e. The quantitative estimate of drug-likeness (QED) is 0.877. The molecule has 0 aromatic heterocycles. The van der Waals surface area contributed by atoms with E-state index in [4.69, 9.17) is 9.47 Å². The Morgan fingerprint density at radius 2 is 2.17 bits per heavy atom. The Bertz CT molecular complexity index is 658. The molecular weight excluding hydrogens is 298 g/mol. The molecule has 3 aliphatic rings. The highest BCUT2D eigenvalue weighted by atomic mass is 16.5. The number of carboxylic acid groups (broad SMARTS) is 1. The fourth-order valence-corrected chi connectivity index (χ4v) is 3.84. The Morgan fingerprint density at radius 3 is 2.87 bits per heavy atom. The molecule has 6 nitrogen and oxygen atoms in total. The molecule has 4 rings (SSSR count). The van der Waals surface area contributed by atoms with Crippen molar-refractivity contribution >= 4 is 11.9 Å². The Labute approximate surface area is 133 Å². The molecule has 122 valence electrons. The van der Waals surface area contributed by atoms with Crippen LogP contribution in [0.15, 0.2) is 18.2 Å². The standard InChI is InChI=1S/C17H19NO5/c19-16(12-8-11-2-4-14(12)23-11)18-15(17(20)21)10-1-3-13-9(7-10)5-6-22-13/h1,3,7,11-12,14-15H,2,4-6,8H2,(H,18,19)(H,20,21). The van der Waals surface area contributed by atoms with Crippen molar-refractivity contribution in [2.24, 2.45) is 5.92 Å². The summed E-state index contributed by atoms with van der Waals surface area (Å²) < 4.78 is 11.1. The zero-order valence-corrected chi connectivity index (χ0v) is 12.7. The molecule has 0 saturated carbocycles. The van der Waals surface area contributed by atoms with E-state index in [-0.39, 0.29) is 24.0 Å². The number of carbonyl (C=O) groups is 2. The van der Waals surface area contributed by atoms with E-state index < -0.39 is 12.0 Å². The lowest BCUT2D eigenvalue weighted by Gasteiger charge is -2.21. The molecule has 4 atom stereocenters. The second-order valence-corrected chi connectivity index (χ2v) is 6.46. The molecule has 0 radical (unpaired) electrons. The van der Waals surface area contributed by atoms with Gasteiger partial charge < -0.3 is 19.9 Å². The van der Waals surface area contributed by atoms with Gasteiger partial charge in [-0.1, -0.05) is 6.07 Å². The van der Waals surface area contributed by atoms with Crippen LogP contribution in [0.25, 0.3) is 0 Å². The molecule has 6 heteroatoms. The molecule has 1 amide bonds. The van der Waals surface area contributed by atoms with Crippen LogP contribution in [0, 0.1) is 5.92 Å². The van der Waals surface area contributed by atoms with E-state index in [1.165, 1.54) is 0 Å². The van der Waals surface area contributed by atoms with Crippen molar-refractivity contribution in [3.8, 4) is 5.75 Å². The number of aliphatic carboxylic acids is 1. The number of fused-ring (bicyclic) bond motifs is 3. The Balaban J connectivity index is 1.52. The van der Waals surface area contributed by atoms with Crippen molar-refractivity contribution < 1.29 is 24.2 Å². The Hall–Kier alpha value is -2.08. The lowest BCUT2D eigenvalue weighted by Crippen LogP contribution is -2.40. The highest BCUT2D eigenvalue weighted by molar-refractivity contribution is 5.86. The minimum Gasteiger partial charge on any atom is -0.493 e. The predicted octanol–water partition coefficient (Wildman–Crippen LogP) is 1.43. The average molecular weight is 317 g/mol. The monoisotopic (exact) mass is 317 g/mol. The lowest BCUT2D eigenvalue weighted by molar-refractivity contribution is -0.143. The van der Waals surface area contributed by atoms with Gasteiger partial charge in [-0.25, -0.2) is 4.79 Å². The smallest absolute Gasteiger partial charge is 0.330 e. The number of hydrogen-bond acceptors (Lipinski definition) is 4. The number of benzene rings is 1. The number of ether oxygens (including phenoxy) is 2. The van der Waals surface area contributed by atoms with Gasteiger partial charge in [-0.3, -0.25) is 4.79 Å². The summed E-state index contributed by atoms with van der Waals surface area (Å²) in [7, 11) is 0. The van der Waals surface area contributed by atoms with Crippen molar-refractivity contribution in [3.05, 3.63) is 29.3 Å². The normalized spacial score (nSPS) is 29.0. The van der Waals surface area contributed by atoms with Crippen LogP contribution in [-0.2, 0) is 20.7 Å². The van der Waals surface area contributed by atoms with E-state index in [9.17, 15) is 14.7 Å². The second-order valence-electron chi connectivity index (χ2n) is 6.46. The van der Waals surface area contributed by atoms with Crippen molar-refractivity contribution in [2.75, 3.05) is 6.61 Å². The molecule has 23 heavy (non-hydrogen) atoms. The van der Waals surface area contributed by atoms with E-state index in [0.717, 1.165) is 30.6 Å². The van der Waals surface area contributed by atoms with Crippen LogP contribution in [0.1, 0.15) is 36.4 Å². The van der Waals surface area contributed by atoms with Crippen LogP contribution in [0.3, 0.4) is 0 Å². The van der Waals surface area contributed by atoms with E-state index in [2.05, 4.69) is 5.32 Å². The van der Waals surface area contributed by atoms with Gasteiger partial charge in [0.2, 0.25) is 5.91 Å². The third-order valence-corrected chi connectivity index (χ3v) is 5.02. The van der Waals surface area contributed by atoms with Gasteiger partial charge in [-0.2, -0.15) is 0 Å². The van der Waals surface area contributed by atoms with E-state index in [1.807, 2.05) is 6.07 Å². The molecule has 3 heterocycles. The highest BCUT2D eigenvalue weighted by Gasteiger charge is 2.45. The minimum absolute atomic E-state index is 0.0529. The van der Waals surface area contributed by atoms with Crippen LogP contribution in [0.2, 0.25) is 0 Å². The van der Waals surface area contributed by atoms with Gasteiger partial charge in [0.15, 0.2) is 6.04 Å². The summed E-state index contributed by atoms with van der Waals surface area (Å²) in [5, 5.41) is 12.2. The minimum atomic E-state index is -1.05. The first-order valence-corrected chi connectivity index (χ1v) is 8.06. The van der Waals surface area contributed by atoms with Crippen LogP contribution in [0.4, 0.5) is 0 Å². The maximum atomic E-state index is 12.5. The van der Waals surface area contributed by atoms with Crippen molar-refractivity contribution in [1.82, 2.24) is 5.32 Å². The third kappa shape index (κ3) is 2.57. The predicted molar refractivity (Wildman–Crippen MR) is 80.2 cm³/mol. The van der Waals surface area contributed by atoms with Gasteiger partial charge in [0.05, 0.1) is 24.7 Å². The summed E-state index contributed by atoms with van der Waals surface area (Å²) in [6.07, 6.45) is 3.46. The van der Waals surface area contributed by atoms with Crippen LogP contribution in [-0.4, -0.2) is 35.8 Å². The molecular formula is C17H19NO5. The molecule has 2 saturated heterocycles. The first-order chi connectivity index (χ1) is 11.1. The average Bonchev–Trinajstić information content (AvgIpc) is 3.26. The Morgan fingerprint density at radius 1 is 1.30 bits per heavy atom. The highest BCUT2D eigenvalue weighted by Crippen LogP contribution is 2.39. The van der Waals surface area contributed by atoms with Crippen molar-refractivity contribution in [3.63, 3.8) is 0 Å². The number of carbonyl (C=O) groups excluding carboxylic acids is 1. The first-order valence-electron chi connectivity index (χ1n) is 8.06. The number of amides is 1. The molecule has 0 spiro atoms. The van der Waals surface area contributed by atoms with E-state index in [0.29, 0.717) is 18.6 Å². The summed E-state index contributed by atoms with van der Waals surface area (Å²) in [5.41, 5.74) is 1.57. The summed E-state index contributed by atoms with van der Waals surface area (Å²) in [6, 6.07) is 4.27. The zero-order valence-electron chi connectivity index (χ0n) is 12.7. The van der Waals surface area contributed by atoms with Gasteiger partial charge in [0.25, 0.3) is 0 Å². The Kier molecular flexibility index (Phi) is 3.49. The zero-order chi connectivity index (χ0) is 16.0. The van der Waals surface area contributed by atoms with Gasteiger partial charge >= 0.3 is 5.97 Å². The maximum Gasteiger partial charge on any atom is 0.330 e.